The molecule has 0 heterocycles. The van der Waals surface area contributed by atoms with Crippen molar-refractivity contribution >= 4 is 37.3 Å². The number of guanidine groups is 1. The Morgan fingerprint density at radius 2 is 1.91 bits per heavy atom. The third kappa shape index (κ3) is 16.5. The van der Waals surface area contributed by atoms with Crippen LogP contribution in [0.25, 0.3) is 0 Å². The minimum atomic E-state index is -1.77. The summed E-state index contributed by atoms with van der Waals surface area (Å²) in [5, 5.41) is 33.5. The first-order chi connectivity index (χ1) is 14.6. The molecule has 0 bridgehead atoms. The predicted octanol–water partition coefficient (Wildman–Crippen LogP) is -2.02. The Labute approximate surface area is 193 Å². The van der Waals surface area contributed by atoms with Gasteiger partial charge >= 0.3 is 7.12 Å². The van der Waals surface area contributed by atoms with Gasteiger partial charge in [0, 0.05) is 13.7 Å². The monoisotopic (exact) mass is 484 g/mol. The van der Waals surface area contributed by atoms with Crippen LogP contribution in [0.5, 0.6) is 0 Å². The lowest BCUT2D eigenvalue weighted by Crippen LogP contribution is -2.54. The number of carbonyl (C=O) groups is 2. The van der Waals surface area contributed by atoms with E-state index in [0.717, 1.165) is 0 Å². The summed E-state index contributed by atoms with van der Waals surface area (Å²) >= 11 is 0. The molecule has 14 nitrogen and oxygen atoms in total. The molecular formula is C16H34BClN6O8. The minimum Gasteiger partial charge on any atom is -0.426 e. The van der Waals surface area contributed by atoms with E-state index in [0.29, 0.717) is 13.0 Å². The zero-order valence-electron chi connectivity index (χ0n) is 18.5. The zero-order chi connectivity index (χ0) is 23.8. The number of hydrogen-bond acceptors (Lipinski definition) is 9. The number of carbonyl (C=O) groups excluding carboxylic acids is 2. The van der Waals surface area contributed by atoms with Crippen LogP contribution in [0.2, 0.25) is 0 Å². The van der Waals surface area contributed by atoms with Crippen LogP contribution in [0.3, 0.4) is 0 Å². The van der Waals surface area contributed by atoms with Crippen molar-refractivity contribution < 1.29 is 34.1 Å². The Hall–Kier alpha value is -2.20. The summed E-state index contributed by atoms with van der Waals surface area (Å²) in [5.74, 6) is -2.37. The summed E-state index contributed by atoms with van der Waals surface area (Å²) in [4.78, 5) is 38.8. The molecule has 0 fully saturated rings. The second-order valence-electron chi connectivity index (χ2n) is 7.10. The number of aliphatic imine (C=N–C) groups is 1. The van der Waals surface area contributed by atoms with Crippen molar-refractivity contribution in [3.05, 3.63) is 10.1 Å². The highest BCUT2D eigenvalue weighted by Gasteiger charge is 2.29. The fraction of sp³-hybridized carbons (Fsp3) is 0.812. The molecule has 0 rings (SSSR count). The number of nitrogens with one attached hydrogen (secondary N) is 3. The number of amides is 2. The summed E-state index contributed by atoms with van der Waals surface area (Å²) in [7, 11) is -0.277. The van der Waals surface area contributed by atoms with Gasteiger partial charge in [-0.05, 0) is 25.2 Å². The van der Waals surface area contributed by atoms with E-state index >= 15 is 0 Å². The largest absolute Gasteiger partial charge is 0.475 e. The average molecular weight is 485 g/mol. The summed E-state index contributed by atoms with van der Waals surface area (Å²) in [6.07, 6.45) is 0.706. The highest BCUT2D eigenvalue weighted by molar-refractivity contribution is 6.43. The van der Waals surface area contributed by atoms with E-state index in [1.54, 1.807) is 5.43 Å². The average Bonchev–Trinajstić information content (AvgIpc) is 2.66. The Morgan fingerprint density at radius 3 is 2.44 bits per heavy atom. The first kappa shape index (κ1) is 32.0. The Kier molecular flexibility index (Phi) is 18.4. The van der Waals surface area contributed by atoms with Crippen LogP contribution in [0, 0.1) is 16.0 Å². The SMILES string of the molecule is COCCOCC(=O)N[C@@H](CCCN=C(N)N[N+](=O)[O-])C(=O)N[C@@H](CC(C)C)B(O)O.Cl. The smallest absolute Gasteiger partial charge is 0.426 e. The molecule has 0 aromatic carbocycles. The van der Waals surface area contributed by atoms with E-state index in [1.807, 2.05) is 13.8 Å². The van der Waals surface area contributed by atoms with Crippen molar-refractivity contribution in [1.82, 2.24) is 16.1 Å². The van der Waals surface area contributed by atoms with Crippen LogP contribution < -0.4 is 21.8 Å². The van der Waals surface area contributed by atoms with E-state index in [9.17, 15) is 29.8 Å². The summed E-state index contributed by atoms with van der Waals surface area (Å²) in [6.45, 7) is 4.00. The third-order valence-electron chi connectivity index (χ3n) is 3.87. The number of hydrogen-bond donors (Lipinski definition) is 6. The summed E-state index contributed by atoms with van der Waals surface area (Å²) in [5.41, 5.74) is 7.02. The lowest BCUT2D eigenvalue weighted by Gasteiger charge is -2.24. The van der Waals surface area contributed by atoms with Gasteiger partial charge in [0.2, 0.25) is 11.8 Å². The Balaban J connectivity index is 0. The molecule has 0 aromatic rings. The molecule has 7 N–H and O–H groups in total. The number of nitrogens with zero attached hydrogens (tertiary/aromatic N) is 2. The molecule has 0 aromatic heterocycles. The topological polar surface area (TPSA) is 211 Å². The first-order valence-corrected chi connectivity index (χ1v) is 9.80. The number of nitro groups is 1. The molecule has 2 atom stereocenters. The predicted molar refractivity (Wildman–Crippen MR) is 119 cm³/mol. The molecule has 0 spiro atoms. The van der Waals surface area contributed by atoms with Gasteiger partial charge in [-0.2, -0.15) is 0 Å². The van der Waals surface area contributed by atoms with Crippen LogP contribution in [-0.4, -0.2) is 85.4 Å². The zero-order valence-corrected chi connectivity index (χ0v) is 19.3. The highest BCUT2D eigenvalue weighted by atomic mass is 35.5. The van der Waals surface area contributed by atoms with Gasteiger partial charge in [0.1, 0.15) is 12.6 Å². The molecule has 32 heavy (non-hydrogen) atoms. The van der Waals surface area contributed by atoms with E-state index < -0.39 is 35.9 Å². The standard InChI is InChI=1S/C16H33BN6O8.ClH/c1-11(2)9-13(17(26)27)21-15(25)12(20-14(24)10-31-8-7-30-3)5-4-6-19-16(18)22-23(28)29;/h11-13,26-27H,4-10H2,1-3H3,(H,20,24)(H,21,25)(H3,18,19,22);1H/t12-,13-;/m0./s1. The van der Waals surface area contributed by atoms with Crippen LogP contribution in [0.1, 0.15) is 33.1 Å². The molecule has 186 valence electrons. The number of methoxy groups -OCH3 is 1. The number of hydrazine groups is 1. The second-order valence-corrected chi connectivity index (χ2v) is 7.10. The van der Waals surface area contributed by atoms with Crippen LogP contribution in [0.15, 0.2) is 4.99 Å². The molecule has 0 aliphatic rings. The molecule has 16 heteroatoms. The molecule has 0 aliphatic heterocycles. The van der Waals surface area contributed by atoms with Gasteiger partial charge in [-0.1, -0.05) is 19.3 Å². The quantitative estimate of drug-likeness (QED) is 0.0353. The van der Waals surface area contributed by atoms with Crippen LogP contribution in [0.4, 0.5) is 0 Å². The third-order valence-corrected chi connectivity index (χ3v) is 3.87. The van der Waals surface area contributed by atoms with E-state index in [4.69, 9.17) is 15.2 Å². The fourth-order valence-electron chi connectivity index (χ4n) is 2.48. The Morgan fingerprint density at radius 1 is 1.25 bits per heavy atom. The van der Waals surface area contributed by atoms with Crippen LogP contribution >= 0.6 is 12.4 Å². The molecule has 0 saturated carbocycles. The lowest BCUT2D eigenvalue weighted by atomic mass is 9.75. The van der Waals surface area contributed by atoms with E-state index in [2.05, 4.69) is 15.6 Å². The molecular weight excluding hydrogens is 450 g/mol. The first-order valence-electron chi connectivity index (χ1n) is 9.80. The van der Waals surface area contributed by atoms with Crippen molar-refractivity contribution in [3.8, 4) is 0 Å². The van der Waals surface area contributed by atoms with Crippen molar-refractivity contribution in [3.63, 3.8) is 0 Å². The van der Waals surface area contributed by atoms with Gasteiger partial charge < -0.3 is 35.9 Å². The highest BCUT2D eigenvalue weighted by Crippen LogP contribution is 2.07. The van der Waals surface area contributed by atoms with Crippen molar-refractivity contribution in [2.75, 3.05) is 33.5 Å². The second kappa shape index (κ2) is 18.4. The van der Waals surface area contributed by atoms with Gasteiger partial charge in [-0.3, -0.25) is 9.59 Å². The van der Waals surface area contributed by atoms with E-state index in [1.165, 1.54) is 7.11 Å². The maximum Gasteiger partial charge on any atom is 0.475 e. The maximum absolute atomic E-state index is 12.7. The van der Waals surface area contributed by atoms with Gasteiger partial charge in [-0.25, -0.2) is 15.1 Å². The molecule has 2 amide bonds. The fourth-order valence-corrected chi connectivity index (χ4v) is 2.48. The van der Waals surface area contributed by atoms with Crippen molar-refractivity contribution in [2.45, 2.75) is 45.1 Å². The molecule has 0 unspecified atom stereocenters. The van der Waals surface area contributed by atoms with Crippen molar-refractivity contribution in [1.29, 1.82) is 0 Å². The molecule has 0 aliphatic carbocycles. The molecule has 0 saturated heterocycles. The lowest BCUT2D eigenvalue weighted by molar-refractivity contribution is -0.525. The minimum absolute atomic E-state index is 0. The normalized spacial score (nSPS) is 13.0. The van der Waals surface area contributed by atoms with Gasteiger partial charge in [-0.15, -0.1) is 12.4 Å². The number of ether oxygens (including phenoxy) is 2. The van der Waals surface area contributed by atoms with Gasteiger partial charge in [0.05, 0.1) is 19.2 Å². The molecule has 0 radical (unpaired) electrons. The summed E-state index contributed by atoms with van der Waals surface area (Å²) < 4.78 is 9.93. The maximum atomic E-state index is 12.7. The Bertz CT molecular complexity index is 599. The number of halogens is 1. The van der Waals surface area contributed by atoms with Crippen molar-refractivity contribution in [2.24, 2.45) is 16.6 Å². The van der Waals surface area contributed by atoms with Gasteiger partial charge in [0.25, 0.3) is 5.96 Å². The van der Waals surface area contributed by atoms with Gasteiger partial charge in [0.15, 0.2) is 5.03 Å². The van der Waals surface area contributed by atoms with Crippen LogP contribution in [-0.2, 0) is 19.1 Å². The van der Waals surface area contributed by atoms with E-state index in [-0.39, 0.29) is 56.9 Å². The number of nitrogens with two attached hydrogens (primary N) is 1. The summed E-state index contributed by atoms with van der Waals surface area (Å²) in [6, 6.07) is -1.01. The number of rotatable bonds is 16.